The van der Waals surface area contributed by atoms with E-state index < -0.39 is 0 Å². The number of anilines is 1. The molecule has 4 rings (SSSR count). The lowest BCUT2D eigenvalue weighted by molar-refractivity contribution is -0.128. The first-order chi connectivity index (χ1) is 14.5. The van der Waals surface area contributed by atoms with Gasteiger partial charge in [-0.2, -0.15) is 0 Å². The third-order valence-corrected chi connectivity index (χ3v) is 7.82. The molecule has 1 unspecified atom stereocenters. The van der Waals surface area contributed by atoms with E-state index in [-0.39, 0.29) is 17.2 Å². The van der Waals surface area contributed by atoms with Gasteiger partial charge in [0.1, 0.15) is 5.37 Å². The van der Waals surface area contributed by atoms with Crippen molar-refractivity contribution >= 4 is 63.4 Å². The first-order valence-corrected chi connectivity index (χ1v) is 12.4. The number of hydrogen-bond acceptors (Lipinski definition) is 7. The largest absolute Gasteiger partial charge is 0.322 e. The van der Waals surface area contributed by atoms with E-state index in [0.29, 0.717) is 28.0 Å². The van der Waals surface area contributed by atoms with E-state index in [1.807, 2.05) is 47.6 Å². The summed E-state index contributed by atoms with van der Waals surface area (Å²) in [6.45, 7) is 0.519. The number of rotatable bonds is 6. The maximum Gasteiger partial charge on any atom is 0.257 e. The summed E-state index contributed by atoms with van der Waals surface area (Å²) in [6, 6.07) is 14.8. The lowest BCUT2D eigenvalue weighted by Crippen LogP contribution is -2.27. The van der Waals surface area contributed by atoms with Crippen molar-refractivity contribution in [1.29, 1.82) is 0 Å². The van der Waals surface area contributed by atoms with Crippen molar-refractivity contribution in [2.45, 2.75) is 16.3 Å². The van der Waals surface area contributed by atoms with E-state index in [1.165, 1.54) is 23.1 Å². The molecule has 10 heteroatoms. The number of carbonyl (C=O) groups is 2. The molecule has 3 aromatic rings. The topological polar surface area (TPSA) is 75.2 Å². The van der Waals surface area contributed by atoms with Crippen molar-refractivity contribution in [3.05, 3.63) is 70.2 Å². The normalized spacial score (nSPS) is 16.1. The number of hydrogen-bond donors (Lipinski definition) is 1. The van der Waals surface area contributed by atoms with Crippen molar-refractivity contribution in [3.63, 3.8) is 0 Å². The molecule has 0 bridgehead atoms. The second kappa shape index (κ2) is 9.38. The molecule has 30 heavy (non-hydrogen) atoms. The van der Waals surface area contributed by atoms with E-state index in [1.54, 1.807) is 23.9 Å². The van der Waals surface area contributed by atoms with E-state index in [0.717, 1.165) is 15.5 Å². The van der Waals surface area contributed by atoms with Crippen LogP contribution in [-0.4, -0.2) is 38.9 Å². The number of thioether (sulfide) groups is 2. The molecule has 1 saturated heterocycles. The summed E-state index contributed by atoms with van der Waals surface area (Å²) in [6.07, 6.45) is 1.91. The Balaban J connectivity index is 1.46. The van der Waals surface area contributed by atoms with Crippen molar-refractivity contribution in [2.24, 2.45) is 0 Å². The zero-order chi connectivity index (χ0) is 21.1. The minimum atomic E-state index is -0.237. The first kappa shape index (κ1) is 21.2. The second-order valence-electron chi connectivity index (χ2n) is 6.46. The van der Waals surface area contributed by atoms with Gasteiger partial charge in [0.25, 0.3) is 5.91 Å². The Morgan fingerprint density at radius 1 is 1.20 bits per heavy atom. The molecule has 0 spiro atoms. The fraction of sp³-hybridized carbons (Fsp3) is 0.200. The highest BCUT2D eigenvalue weighted by Gasteiger charge is 2.32. The monoisotopic (exact) mass is 476 g/mol. The summed E-state index contributed by atoms with van der Waals surface area (Å²) in [5, 5.41) is 11.8. The SMILES string of the molecule is CSc1nnc(NC(=O)c2ccc(C3SCC(=O)N3Cc3ccc(Cl)cc3)cc2)s1. The number of nitrogens with one attached hydrogen (secondary N) is 1. The minimum absolute atomic E-state index is 0.0856. The molecule has 2 aromatic carbocycles. The van der Waals surface area contributed by atoms with Gasteiger partial charge < -0.3 is 4.90 Å². The van der Waals surface area contributed by atoms with Gasteiger partial charge in [0.05, 0.1) is 5.75 Å². The molecule has 0 radical (unpaired) electrons. The number of carbonyl (C=O) groups excluding carboxylic acids is 2. The standard InChI is InChI=1S/C20H17ClN4O2S3/c1-28-20-24-23-19(30-20)22-17(27)13-4-6-14(7-5-13)18-25(16(26)11-29-18)10-12-2-8-15(21)9-3-12/h2-9,18H,10-11H2,1H3,(H,22,23,27). The van der Waals surface area contributed by atoms with E-state index in [9.17, 15) is 9.59 Å². The highest BCUT2D eigenvalue weighted by molar-refractivity contribution is 8.00. The van der Waals surface area contributed by atoms with Gasteiger partial charge in [-0.1, -0.05) is 59.0 Å². The number of amides is 2. The van der Waals surface area contributed by atoms with Crippen LogP contribution in [0.2, 0.25) is 5.02 Å². The third kappa shape index (κ3) is 4.80. The highest BCUT2D eigenvalue weighted by atomic mass is 35.5. The summed E-state index contributed by atoms with van der Waals surface area (Å²) in [5.74, 6) is 0.302. The molecule has 2 amide bonds. The van der Waals surface area contributed by atoms with Crippen LogP contribution in [0, 0.1) is 0 Å². The van der Waals surface area contributed by atoms with Crippen molar-refractivity contribution in [3.8, 4) is 0 Å². The molecule has 1 atom stereocenters. The molecule has 1 aromatic heterocycles. The van der Waals surface area contributed by atoms with Gasteiger partial charge in [0.15, 0.2) is 4.34 Å². The van der Waals surface area contributed by atoms with Gasteiger partial charge in [-0.25, -0.2) is 0 Å². The van der Waals surface area contributed by atoms with E-state index in [4.69, 9.17) is 11.6 Å². The van der Waals surface area contributed by atoms with Gasteiger partial charge >= 0.3 is 0 Å². The summed E-state index contributed by atoms with van der Waals surface area (Å²) >= 11 is 10.4. The van der Waals surface area contributed by atoms with Gasteiger partial charge in [0, 0.05) is 17.1 Å². The predicted molar refractivity (Wildman–Crippen MR) is 123 cm³/mol. The van der Waals surface area contributed by atoms with Crippen LogP contribution < -0.4 is 5.32 Å². The first-order valence-electron chi connectivity index (χ1n) is 8.98. The Hall–Kier alpha value is -2.07. The van der Waals surface area contributed by atoms with Gasteiger partial charge in [-0.3, -0.25) is 14.9 Å². The smallest absolute Gasteiger partial charge is 0.257 e. The van der Waals surface area contributed by atoms with Crippen LogP contribution in [0.4, 0.5) is 5.13 Å². The molecule has 0 aliphatic carbocycles. The van der Waals surface area contributed by atoms with Crippen molar-refractivity contribution < 1.29 is 9.59 Å². The molecule has 6 nitrogen and oxygen atoms in total. The predicted octanol–water partition coefficient (Wildman–Crippen LogP) is 4.94. The van der Waals surface area contributed by atoms with E-state index in [2.05, 4.69) is 15.5 Å². The summed E-state index contributed by atoms with van der Waals surface area (Å²) in [4.78, 5) is 26.8. The maximum absolute atomic E-state index is 12.5. The van der Waals surface area contributed by atoms with Crippen molar-refractivity contribution in [1.82, 2.24) is 15.1 Å². The third-order valence-electron chi connectivity index (χ3n) is 4.49. The second-order valence-corrected chi connectivity index (χ2v) is 10.0. The Kier molecular flexibility index (Phi) is 6.62. The average Bonchev–Trinajstić information content (AvgIpc) is 3.36. The summed E-state index contributed by atoms with van der Waals surface area (Å²) in [5.41, 5.74) is 2.54. The van der Waals surface area contributed by atoms with Crippen LogP contribution >= 0.6 is 46.5 Å². The van der Waals surface area contributed by atoms with Crippen LogP contribution in [0.5, 0.6) is 0 Å². The van der Waals surface area contributed by atoms with Gasteiger partial charge in [-0.05, 0) is 41.6 Å². The number of halogens is 1. The molecule has 2 heterocycles. The highest BCUT2D eigenvalue weighted by Crippen LogP contribution is 2.39. The molecule has 1 N–H and O–H groups in total. The molecular formula is C20H17ClN4O2S3. The van der Waals surface area contributed by atoms with Crippen LogP contribution in [0.1, 0.15) is 26.9 Å². The zero-order valence-corrected chi connectivity index (χ0v) is 19.1. The fourth-order valence-corrected chi connectivity index (χ4v) is 5.48. The molecule has 1 fully saturated rings. The molecule has 0 saturated carbocycles. The number of nitrogens with zero attached hydrogens (tertiary/aromatic N) is 3. The number of benzene rings is 2. The summed E-state index contributed by atoms with van der Waals surface area (Å²) < 4.78 is 0.796. The molecule has 1 aliphatic heterocycles. The van der Waals surface area contributed by atoms with Crippen LogP contribution in [0.15, 0.2) is 52.9 Å². The average molecular weight is 477 g/mol. The molecule has 154 valence electrons. The fourth-order valence-electron chi connectivity index (χ4n) is 3.00. The lowest BCUT2D eigenvalue weighted by Gasteiger charge is -2.24. The van der Waals surface area contributed by atoms with Crippen molar-refractivity contribution in [2.75, 3.05) is 17.3 Å². The minimum Gasteiger partial charge on any atom is -0.322 e. The van der Waals surface area contributed by atoms with Crippen LogP contribution in [0.3, 0.4) is 0 Å². The molecule has 1 aliphatic rings. The Morgan fingerprint density at radius 2 is 1.93 bits per heavy atom. The lowest BCUT2D eigenvalue weighted by atomic mass is 10.1. The zero-order valence-electron chi connectivity index (χ0n) is 15.9. The Morgan fingerprint density at radius 3 is 2.60 bits per heavy atom. The summed E-state index contributed by atoms with van der Waals surface area (Å²) in [7, 11) is 0. The maximum atomic E-state index is 12.5. The van der Waals surface area contributed by atoms with Gasteiger partial charge in [0.2, 0.25) is 11.0 Å². The van der Waals surface area contributed by atoms with E-state index >= 15 is 0 Å². The number of aromatic nitrogens is 2. The Bertz CT molecular complexity index is 1060. The van der Waals surface area contributed by atoms with Crippen LogP contribution in [-0.2, 0) is 11.3 Å². The van der Waals surface area contributed by atoms with Crippen LogP contribution in [0.25, 0.3) is 0 Å². The van der Waals surface area contributed by atoms with Gasteiger partial charge in [-0.15, -0.1) is 22.0 Å². The molecular weight excluding hydrogens is 460 g/mol. The Labute approximate surface area is 191 Å². The quantitative estimate of drug-likeness (QED) is 0.401.